The number of rotatable bonds is 5. The standard InChI is InChI=1S/C17H22N4O/c1-4-9-17(3,18)16(22)21-14-7-5-6-13(11-14)15-8-10-19-12(2)20-15/h5-8,10-11H,4,9,18H2,1-3H3,(H,21,22). The van der Waals surface area contributed by atoms with Gasteiger partial charge in [-0.3, -0.25) is 4.79 Å². The van der Waals surface area contributed by atoms with E-state index < -0.39 is 5.54 Å². The van der Waals surface area contributed by atoms with Crippen LogP contribution >= 0.6 is 0 Å². The summed E-state index contributed by atoms with van der Waals surface area (Å²) in [6.45, 7) is 5.61. The molecule has 1 unspecified atom stereocenters. The Labute approximate surface area is 131 Å². The lowest BCUT2D eigenvalue weighted by Crippen LogP contribution is -2.48. The summed E-state index contributed by atoms with van der Waals surface area (Å²) in [6, 6.07) is 9.42. The SMILES string of the molecule is CCCC(C)(N)C(=O)Nc1cccc(-c2ccnc(C)n2)c1. The van der Waals surface area contributed by atoms with Gasteiger partial charge in [-0.05, 0) is 38.5 Å². The number of hydrogen-bond acceptors (Lipinski definition) is 4. The van der Waals surface area contributed by atoms with Gasteiger partial charge in [-0.1, -0.05) is 25.5 Å². The molecule has 0 fully saturated rings. The van der Waals surface area contributed by atoms with Crippen LogP contribution in [0.2, 0.25) is 0 Å². The molecule has 116 valence electrons. The molecule has 0 aliphatic carbocycles. The summed E-state index contributed by atoms with van der Waals surface area (Å²) < 4.78 is 0. The van der Waals surface area contributed by atoms with E-state index in [0.29, 0.717) is 17.9 Å². The Morgan fingerprint density at radius 3 is 2.82 bits per heavy atom. The summed E-state index contributed by atoms with van der Waals surface area (Å²) in [5.41, 5.74) is 7.66. The van der Waals surface area contributed by atoms with Crippen LogP contribution < -0.4 is 11.1 Å². The number of carbonyl (C=O) groups excluding carboxylic acids is 1. The van der Waals surface area contributed by atoms with E-state index in [2.05, 4.69) is 15.3 Å². The average molecular weight is 298 g/mol. The first-order valence-corrected chi connectivity index (χ1v) is 7.43. The lowest BCUT2D eigenvalue weighted by atomic mass is 9.96. The van der Waals surface area contributed by atoms with Crippen molar-refractivity contribution in [3.8, 4) is 11.3 Å². The van der Waals surface area contributed by atoms with Crippen LogP contribution in [0.3, 0.4) is 0 Å². The summed E-state index contributed by atoms with van der Waals surface area (Å²) in [5, 5.41) is 2.88. The van der Waals surface area contributed by atoms with Gasteiger partial charge in [0.15, 0.2) is 0 Å². The zero-order valence-electron chi connectivity index (χ0n) is 13.3. The number of aryl methyl sites for hydroxylation is 1. The third-order valence-corrected chi connectivity index (χ3v) is 3.48. The fraction of sp³-hybridized carbons (Fsp3) is 0.353. The number of nitrogens with zero attached hydrogens (tertiary/aromatic N) is 2. The first-order chi connectivity index (χ1) is 10.4. The van der Waals surface area contributed by atoms with E-state index in [1.807, 2.05) is 44.2 Å². The quantitative estimate of drug-likeness (QED) is 0.889. The maximum atomic E-state index is 12.3. The normalized spacial score (nSPS) is 13.5. The molecule has 1 aromatic heterocycles. The molecule has 0 spiro atoms. The van der Waals surface area contributed by atoms with Crippen molar-refractivity contribution in [3.63, 3.8) is 0 Å². The predicted molar refractivity (Wildman–Crippen MR) is 88.3 cm³/mol. The van der Waals surface area contributed by atoms with Crippen molar-refractivity contribution in [1.29, 1.82) is 0 Å². The number of anilines is 1. The Hall–Kier alpha value is -2.27. The van der Waals surface area contributed by atoms with Crippen LogP contribution in [0.15, 0.2) is 36.5 Å². The molecule has 1 amide bonds. The molecule has 0 saturated carbocycles. The largest absolute Gasteiger partial charge is 0.324 e. The van der Waals surface area contributed by atoms with E-state index in [1.54, 1.807) is 13.1 Å². The Bertz CT molecular complexity index is 667. The first-order valence-electron chi connectivity index (χ1n) is 7.43. The molecule has 5 nitrogen and oxygen atoms in total. The molecule has 3 N–H and O–H groups in total. The number of benzene rings is 1. The second kappa shape index (κ2) is 6.66. The van der Waals surface area contributed by atoms with Crippen LogP contribution in [0.25, 0.3) is 11.3 Å². The third kappa shape index (κ3) is 3.89. The van der Waals surface area contributed by atoms with E-state index >= 15 is 0 Å². The summed E-state index contributed by atoms with van der Waals surface area (Å²) in [6.07, 6.45) is 3.23. The molecule has 1 atom stereocenters. The van der Waals surface area contributed by atoms with Crippen LogP contribution in [0.5, 0.6) is 0 Å². The van der Waals surface area contributed by atoms with Gasteiger partial charge in [0.25, 0.3) is 0 Å². The summed E-state index contributed by atoms with van der Waals surface area (Å²) in [5.74, 6) is 0.537. The first kappa shape index (κ1) is 16.1. The molecule has 0 bridgehead atoms. The number of amides is 1. The van der Waals surface area contributed by atoms with Crippen LogP contribution in [0.4, 0.5) is 5.69 Å². The Morgan fingerprint density at radius 1 is 1.36 bits per heavy atom. The van der Waals surface area contributed by atoms with E-state index in [0.717, 1.165) is 17.7 Å². The number of nitrogens with two attached hydrogens (primary N) is 1. The molecule has 0 aliphatic heterocycles. The maximum Gasteiger partial charge on any atom is 0.244 e. The Kier molecular flexibility index (Phi) is 4.88. The topological polar surface area (TPSA) is 80.9 Å². The van der Waals surface area contributed by atoms with Crippen molar-refractivity contribution in [2.45, 2.75) is 39.2 Å². The summed E-state index contributed by atoms with van der Waals surface area (Å²) in [7, 11) is 0. The fourth-order valence-electron chi connectivity index (χ4n) is 2.28. The van der Waals surface area contributed by atoms with Gasteiger partial charge in [-0.2, -0.15) is 0 Å². The number of hydrogen-bond donors (Lipinski definition) is 2. The van der Waals surface area contributed by atoms with Gasteiger partial charge in [-0.15, -0.1) is 0 Å². The second-order valence-corrected chi connectivity index (χ2v) is 5.69. The molecule has 2 rings (SSSR count). The van der Waals surface area contributed by atoms with Crippen molar-refractivity contribution in [2.75, 3.05) is 5.32 Å². The average Bonchev–Trinajstić information content (AvgIpc) is 2.47. The molecule has 1 aromatic carbocycles. The van der Waals surface area contributed by atoms with Crippen molar-refractivity contribution < 1.29 is 4.79 Å². The van der Waals surface area contributed by atoms with Gasteiger partial charge >= 0.3 is 0 Å². The van der Waals surface area contributed by atoms with Crippen LogP contribution in [-0.2, 0) is 4.79 Å². The molecule has 1 heterocycles. The third-order valence-electron chi connectivity index (χ3n) is 3.48. The molecule has 5 heteroatoms. The monoisotopic (exact) mass is 298 g/mol. The Morgan fingerprint density at radius 2 is 2.14 bits per heavy atom. The Balaban J connectivity index is 2.21. The summed E-state index contributed by atoms with van der Waals surface area (Å²) >= 11 is 0. The second-order valence-electron chi connectivity index (χ2n) is 5.69. The lowest BCUT2D eigenvalue weighted by molar-refractivity contribution is -0.120. The highest BCUT2D eigenvalue weighted by atomic mass is 16.2. The van der Waals surface area contributed by atoms with Crippen molar-refractivity contribution in [2.24, 2.45) is 5.73 Å². The van der Waals surface area contributed by atoms with Crippen LogP contribution in [0.1, 0.15) is 32.5 Å². The fourth-order valence-corrected chi connectivity index (χ4v) is 2.28. The van der Waals surface area contributed by atoms with Crippen molar-refractivity contribution in [1.82, 2.24) is 9.97 Å². The van der Waals surface area contributed by atoms with Crippen LogP contribution in [-0.4, -0.2) is 21.4 Å². The number of aromatic nitrogens is 2. The van der Waals surface area contributed by atoms with Gasteiger partial charge in [0.1, 0.15) is 5.82 Å². The number of nitrogens with one attached hydrogen (secondary N) is 1. The minimum Gasteiger partial charge on any atom is -0.324 e. The highest BCUT2D eigenvalue weighted by Gasteiger charge is 2.27. The van der Waals surface area contributed by atoms with Gasteiger partial charge in [0.05, 0.1) is 11.2 Å². The molecule has 0 aliphatic rings. The van der Waals surface area contributed by atoms with Crippen molar-refractivity contribution >= 4 is 11.6 Å². The van der Waals surface area contributed by atoms with E-state index in [1.165, 1.54) is 0 Å². The summed E-state index contributed by atoms with van der Waals surface area (Å²) in [4.78, 5) is 20.7. The molecular formula is C17H22N4O. The maximum absolute atomic E-state index is 12.3. The van der Waals surface area contributed by atoms with Gasteiger partial charge in [0, 0.05) is 17.4 Å². The lowest BCUT2D eigenvalue weighted by Gasteiger charge is -2.23. The zero-order valence-corrected chi connectivity index (χ0v) is 13.3. The highest BCUT2D eigenvalue weighted by molar-refractivity contribution is 5.98. The minimum absolute atomic E-state index is 0.176. The van der Waals surface area contributed by atoms with Crippen LogP contribution in [0, 0.1) is 6.92 Å². The van der Waals surface area contributed by atoms with E-state index in [4.69, 9.17) is 5.73 Å². The van der Waals surface area contributed by atoms with Gasteiger partial charge < -0.3 is 11.1 Å². The molecule has 2 aromatic rings. The number of carbonyl (C=O) groups is 1. The van der Waals surface area contributed by atoms with E-state index in [-0.39, 0.29) is 5.91 Å². The van der Waals surface area contributed by atoms with Crippen molar-refractivity contribution in [3.05, 3.63) is 42.4 Å². The molecule has 22 heavy (non-hydrogen) atoms. The molecule has 0 radical (unpaired) electrons. The zero-order chi connectivity index (χ0) is 16.2. The highest BCUT2D eigenvalue weighted by Crippen LogP contribution is 2.21. The smallest absolute Gasteiger partial charge is 0.244 e. The molecular weight excluding hydrogens is 276 g/mol. The predicted octanol–water partition coefficient (Wildman–Crippen LogP) is 2.91. The minimum atomic E-state index is -0.865. The van der Waals surface area contributed by atoms with E-state index in [9.17, 15) is 4.79 Å². The molecule has 0 saturated heterocycles. The van der Waals surface area contributed by atoms with Gasteiger partial charge in [0.2, 0.25) is 5.91 Å². The van der Waals surface area contributed by atoms with Gasteiger partial charge in [-0.25, -0.2) is 9.97 Å².